The lowest BCUT2D eigenvalue weighted by atomic mass is 9.97. The van der Waals surface area contributed by atoms with E-state index in [-0.39, 0.29) is 17.7 Å². The van der Waals surface area contributed by atoms with Gasteiger partial charge in [-0.05, 0) is 43.2 Å². The van der Waals surface area contributed by atoms with E-state index in [0.717, 1.165) is 19.4 Å². The number of hydrogen-bond acceptors (Lipinski definition) is 5. The number of aromatic nitrogens is 2. The van der Waals surface area contributed by atoms with Gasteiger partial charge >= 0.3 is 0 Å². The fourth-order valence-corrected chi connectivity index (χ4v) is 3.16. The van der Waals surface area contributed by atoms with Gasteiger partial charge in [-0.1, -0.05) is 11.6 Å². The number of nitrogens with zero attached hydrogens (tertiary/aromatic N) is 3. The first kappa shape index (κ1) is 19.1. The summed E-state index contributed by atoms with van der Waals surface area (Å²) in [6.07, 6.45) is 5.17. The van der Waals surface area contributed by atoms with Crippen LogP contribution >= 0.6 is 11.6 Å². The Bertz CT molecular complexity index is 769. The number of carbonyl (C=O) groups is 2. The smallest absolute Gasteiger partial charge is 0.251 e. The van der Waals surface area contributed by atoms with Crippen LogP contribution in [0.1, 0.15) is 23.2 Å². The molecule has 0 radical (unpaired) electrons. The minimum Gasteiger partial charge on any atom is -0.354 e. The molecule has 2 heterocycles. The number of piperidine rings is 1. The quantitative estimate of drug-likeness (QED) is 0.739. The number of hydrogen-bond donors (Lipinski definition) is 2. The van der Waals surface area contributed by atoms with Crippen LogP contribution in [0.15, 0.2) is 42.7 Å². The summed E-state index contributed by atoms with van der Waals surface area (Å²) >= 11 is 5.81. The van der Waals surface area contributed by atoms with Gasteiger partial charge in [0.25, 0.3) is 5.91 Å². The van der Waals surface area contributed by atoms with Gasteiger partial charge in [0.05, 0.1) is 5.92 Å². The lowest BCUT2D eigenvalue weighted by Crippen LogP contribution is -2.45. The van der Waals surface area contributed by atoms with E-state index >= 15 is 0 Å². The summed E-state index contributed by atoms with van der Waals surface area (Å²) in [4.78, 5) is 35.0. The molecule has 0 spiro atoms. The van der Waals surface area contributed by atoms with Gasteiger partial charge in [-0.25, -0.2) is 9.97 Å². The van der Waals surface area contributed by atoms with E-state index in [0.29, 0.717) is 36.2 Å². The molecule has 1 aliphatic heterocycles. The Morgan fingerprint density at radius 3 is 2.56 bits per heavy atom. The molecule has 2 aromatic rings. The molecular weight excluding hydrogens is 366 g/mol. The van der Waals surface area contributed by atoms with Gasteiger partial charge in [0.1, 0.15) is 0 Å². The molecule has 1 aliphatic rings. The number of benzene rings is 1. The largest absolute Gasteiger partial charge is 0.354 e. The number of anilines is 1. The number of amides is 2. The van der Waals surface area contributed by atoms with Crippen molar-refractivity contribution in [1.29, 1.82) is 0 Å². The molecule has 1 saturated heterocycles. The van der Waals surface area contributed by atoms with Crippen LogP contribution in [0.2, 0.25) is 5.02 Å². The van der Waals surface area contributed by atoms with Crippen molar-refractivity contribution in [3.05, 3.63) is 53.3 Å². The Morgan fingerprint density at radius 1 is 1.11 bits per heavy atom. The third kappa shape index (κ3) is 5.40. The molecule has 2 amide bonds. The van der Waals surface area contributed by atoms with E-state index in [1.165, 1.54) is 0 Å². The standard InChI is InChI=1S/C19H22ClN5O2/c20-16-6-4-14(5-7-16)17(26)21-10-11-22-18(27)15-3-1-12-25(13-15)19-23-8-2-9-24-19/h2,4-9,15H,1,3,10-13H2,(H,21,26)(H,22,27). The van der Waals surface area contributed by atoms with Gasteiger partial charge in [0.15, 0.2) is 0 Å². The molecule has 1 aromatic carbocycles. The van der Waals surface area contributed by atoms with E-state index in [1.807, 2.05) is 4.90 Å². The van der Waals surface area contributed by atoms with Gasteiger partial charge in [0, 0.05) is 49.2 Å². The van der Waals surface area contributed by atoms with Crippen LogP contribution in [0, 0.1) is 5.92 Å². The minimum atomic E-state index is -0.189. The molecule has 2 N–H and O–H groups in total. The Hall–Kier alpha value is -2.67. The second-order valence-corrected chi connectivity index (χ2v) is 6.82. The van der Waals surface area contributed by atoms with Crippen molar-refractivity contribution in [3.8, 4) is 0 Å². The van der Waals surface area contributed by atoms with E-state index in [9.17, 15) is 9.59 Å². The fourth-order valence-electron chi connectivity index (χ4n) is 3.04. The molecule has 0 aliphatic carbocycles. The summed E-state index contributed by atoms with van der Waals surface area (Å²) in [5.74, 6) is 0.363. The van der Waals surface area contributed by atoms with Crippen LogP contribution in [-0.2, 0) is 4.79 Å². The van der Waals surface area contributed by atoms with Gasteiger partial charge in [-0.15, -0.1) is 0 Å². The lowest BCUT2D eigenvalue weighted by molar-refractivity contribution is -0.125. The Balaban J connectivity index is 1.41. The first-order chi connectivity index (χ1) is 13.1. The summed E-state index contributed by atoms with van der Waals surface area (Å²) in [6.45, 7) is 2.21. The van der Waals surface area contributed by atoms with Crippen molar-refractivity contribution in [2.45, 2.75) is 12.8 Å². The van der Waals surface area contributed by atoms with Gasteiger partial charge in [-0.3, -0.25) is 9.59 Å². The average Bonchev–Trinajstić information content (AvgIpc) is 2.72. The SMILES string of the molecule is O=C(NCCNC(=O)C1CCCN(c2ncccn2)C1)c1ccc(Cl)cc1. The van der Waals surface area contributed by atoms with Crippen molar-refractivity contribution in [2.75, 3.05) is 31.1 Å². The van der Waals surface area contributed by atoms with Crippen molar-refractivity contribution in [2.24, 2.45) is 5.92 Å². The normalized spacial score (nSPS) is 16.6. The number of halogens is 1. The highest BCUT2D eigenvalue weighted by atomic mass is 35.5. The first-order valence-electron chi connectivity index (χ1n) is 8.97. The van der Waals surface area contributed by atoms with Crippen molar-refractivity contribution in [1.82, 2.24) is 20.6 Å². The maximum Gasteiger partial charge on any atom is 0.251 e. The molecule has 1 aromatic heterocycles. The second kappa shape index (κ2) is 9.32. The van der Waals surface area contributed by atoms with Crippen molar-refractivity contribution < 1.29 is 9.59 Å². The molecule has 1 atom stereocenters. The monoisotopic (exact) mass is 387 g/mol. The average molecular weight is 388 g/mol. The summed E-state index contributed by atoms with van der Waals surface area (Å²) in [7, 11) is 0. The summed E-state index contributed by atoms with van der Waals surface area (Å²) in [6, 6.07) is 8.44. The van der Waals surface area contributed by atoms with Crippen LogP contribution in [0.4, 0.5) is 5.95 Å². The maximum absolute atomic E-state index is 12.4. The number of nitrogens with one attached hydrogen (secondary N) is 2. The van der Waals surface area contributed by atoms with E-state index in [2.05, 4.69) is 20.6 Å². The highest BCUT2D eigenvalue weighted by Gasteiger charge is 2.26. The van der Waals surface area contributed by atoms with Crippen LogP contribution in [-0.4, -0.2) is 48.0 Å². The second-order valence-electron chi connectivity index (χ2n) is 6.39. The molecule has 3 rings (SSSR count). The fraction of sp³-hybridized carbons (Fsp3) is 0.368. The van der Waals surface area contributed by atoms with Gasteiger partial charge < -0.3 is 15.5 Å². The predicted molar refractivity (Wildman–Crippen MR) is 104 cm³/mol. The summed E-state index contributed by atoms with van der Waals surface area (Å²) in [5.41, 5.74) is 0.538. The topological polar surface area (TPSA) is 87.2 Å². The van der Waals surface area contributed by atoms with E-state index in [4.69, 9.17) is 11.6 Å². The Morgan fingerprint density at radius 2 is 1.81 bits per heavy atom. The first-order valence-corrected chi connectivity index (χ1v) is 9.35. The zero-order valence-electron chi connectivity index (χ0n) is 14.9. The van der Waals surface area contributed by atoms with Crippen LogP contribution < -0.4 is 15.5 Å². The van der Waals surface area contributed by atoms with Gasteiger partial charge in [0.2, 0.25) is 11.9 Å². The van der Waals surface area contributed by atoms with Crippen LogP contribution in [0.3, 0.4) is 0 Å². The van der Waals surface area contributed by atoms with Crippen molar-refractivity contribution >= 4 is 29.4 Å². The van der Waals surface area contributed by atoms with Crippen molar-refractivity contribution in [3.63, 3.8) is 0 Å². The zero-order valence-corrected chi connectivity index (χ0v) is 15.7. The highest BCUT2D eigenvalue weighted by Crippen LogP contribution is 2.19. The minimum absolute atomic E-state index is 0.00336. The summed E-state index contributed by atoms with van der Waals surface area (Å²) in [5, 5.41) is 6.27. The molecule has 0 saturated carbocycles. The van der Waals surface area contributed by atoms with E-state index in [1.54, 1.807) is 42.7 Å². The Kier molecular flexibility index (Phi) is 6.59. The number of rotatable bonds is 6. The molecule has 142 valence electrons. The predicted octanol–water partition coefficient (Wildman–Crippen LogP) is 1.89. The molecule has 1 unspecified atom stereocenters. The molecule has 27 heavy (non-hydrogen) atoms. The van der Waals surface area contributed by atoms with Crippen LogP contribution in [0.25, 0.3) is 0 Å². The molecule has 8 heteroatoms. The van der Waals surface area contributed by atoms with E-state index < -0.39 is 0 Å². The highest BCUT2D eigenvalue weighted by molar-refractivity contribution is 6.30. The number of carbonyl (C=O) groups excluding carboxylic acids is 2. The van der Waals surface area contributed by atoms with Crippen LogP contribution in [0.5, 0.6) is 0 Å². The molecule has 0 bridgehead atoms. The summed E-state index contributed by atoms with van der Waals surface area (Å²) < 4.78 is 0. The lowest BCUT2D eigenvalue weighted by Gasteiger charge is -2.31. The maximum atomic E-state index is 12.4. The Labute approximate surface area is 163 Å². The third-order valence-corrected chi connectivity index (χ3v) is 4.70. The molecule has 7 nitrogen and oxygen atoms in total. The van der Waals surface area contributed by atoms with Gasteiger partial charge in [-0.2, -0.15) is 0 Å². The zero-order chi connectivity index (χ0) is 19.1. The third-order valence-electron chi connectivity index (χ3n) is 4.44. The molecular formula is C19H22ClN5O2. The molecule has 1 fully saturated rings.